The second-order valence-electron chi connectivity index (χ2n) is 5.97. The molecule has 7 nitrogen and oxygen atoms in total. The molecule has 0 amide bonds. The molecule has 0 aliphatic carbocycles. The highest BCUT2D eigenvalue weighted by molar-refractivity contribution is 9.10. The third-order valence-electron chi connectivity index (χ3n) is 4.36. The van der Waals surface area contributed by atoms with Gasteiger partial charge in [-0.25, -0.2) is 4.98 Å². The van der Waals surface area contributed by atoms with E-state index in [4.69, 9.17) is 0 Å². The molecule has 1 N–H and O–H groups in total. The smallest absolute Gasteiger partial charge is 0.270 e. The number of halogens is 1. The van der Waals surface area contributed by atoms with Crippen molar-refractivity contribution < 1.29 is 10.0 Å². The van der Waals surface area contributed by atoms with Crippen LogP contribution in [0.15, 0.2) is 45.7 Å². The van der Waals surface area contributed by atoms with Gasteiger partial charge in [-0.1, -0.05) is 15.9 Å². The molecule has 1 aromatic heterocycles. The van der Waals surface area contributed by atoms with Crippen LogP contribution in [0.4, 0.5) is 5.69 Å². The molecule has 0 bridgehead atoms. The molecule has 0 atom stereocenters. The quantitative estimate of drug-likeness (QED) is 0.509. The number of non-ortho nitro benzene ring substituents is 1. The molecule has 0 saturated carbocycles. The second kappa shape index (κ2) is 6.06. The monoisotopic (exact) mass is 413 g/mol. The number of aromatic nitrogens is 2. The number of nitrogens with zero attached hydrogens (tertiary/aromatic N) is 3. The molecule has 2 heterocycles. The number of hydrogen-bond donors (Lipinski definition) is 1. The Labute approximate surface area is 155 Å². The van der Waals surface area contributed by atoms with E-state index in [-0.39, 0.29) is 22.4 Å². The largest absolute Gasteiger partial charge is 0.507 e. The second-order valence-corrected chi connectivity index (χ2v) is 6.89. The number of hydrogen-bond acceptors (Lipinski definition) is 5. The summed E-state index contributed by atoms with van der Waals surface area (Å²) in [6.07, 6.45) is 2.40. The molecule has 0 radical (unpaired) electrons. The summed E-state index contributed by atoms with van der Waals surface area (Å²) in [5.74, 6) is 0.661. The first-order chi connectivity index (χ1) is 12.4. The summed E-state index contributed by atoms with van der Waals surface area (Å²) in [5, 5.41) is 21.2. The number of fused-ring (bicyclic) bond motifs is 2. The minimum Gasteiger partial charge on any atom is -0.507 e. The summed E-state index contributed by atoms with van der Waals surface area (Å²) >= 11 is 3.37. The van der Waals surface area contributed by atoms with Gasteiger partial charge in [0.1, 0.15) is 11.6 Å². The van der Waals surface area contributed by atoms with Crippen LogP contribution in [0, 0.1) is 10.1 Å². The van der Waals surface area contributed by atoms with Crippen LogP contribution in [-0.4, -0.2) is 19.6 Å². The standard InChI is InChI=1S/C18H12BrN3O4/c19-12-1-4-16(23)11(8-12)7-10-5-6-21-17(10)20-15-3-2-13(22(25)26)9-14(15)18(21)24/h1-4,7-9,23H,5-6H2/b10-7-. The zero-order chi connectivity index (χ0) is 18.4. The van der Waals surface area contributed by atoms with Gasteiger partial charge in [0, 0.05) is 28.7 Å². The molecule has 2 aromatic carbocycles. The van der Waals surface area contributed by atoms with Crippen LogP contribution in [-0.2, 0) is 6.54 Å². The average Bonchev–Trinajstić information content (AvgIpc) is 3.01. The van der Waals surface area contributed by atoms with Crippen LogP contribution in [0.25, 0.3) is 22.6 Å². The van der Waals surface area contributed by atoms with Gasteiger partial charge in [-0.2, -0.15) is 0 Å². The molecule has 4 rings (SSSR count). The topological polar surface area (TPSA) is 98.3 Å². The van der Waals surface area contributed by atoms with E-state index in [2.05, 4.69) is 20.9 Å². The maximum absolute atomic E-state index is 12.7. The maximum atomic E-state index is 12.7. The highest BCUT2D eigenvalue weighted by Gasteiger charge is 2.22. The average molecular weight is 414 g/mol. The fraction of sp³-hybridized carbons (Fsp3) is 0.111. The molecule has 0 fully saturated rings. The normalized spacial score (nSPS) is 14.7. The summed E-state index contributed by atoms with van der Waals surface area (Å²) < 4.78 is 2.35. The van der Waals surface area contributed by atoms with Gasteiger partial charge in [0.15, 0.2) is 0 Å². The zero-order valence-corrected chi connectivity index (χ0v) is 14.9. The molecule has 3 aromatic rings. The zero-order valence-electron chi connectivity index (χ0n) is 13.3. The van der Waals surface area contributed by atoms with Gasteiger partial charge < -0.3 is 5.11 Å². The summed E-state index contributed by atoms with van der Waals surface area (Å²) in [4.78, 5) is 27.7. The molecular formula is C18H12BrN3O4. The van der Waals surface area contributed by atoms with Crippen molar-refractivity contribution in [2.75, 3.05) is 0 Å². The Morgan fingerprint density at radius 1 is 1.27 bits per heavy atom. The number of aromatic hydroxyl groups is 1. The van der Waals surface area contributed by atoms with E-state index >= 15 is 0 Å². The first-order valence-electron chi connectivity index (χ1n) is 7.82. The number of rotatable bonds is 2. The van der Waals surface area contributed by atoms with Crippen molar-refractivity contribution in [3.8, 4) is 5.75 Å². The number of phenolic OH excluding ortho intramolecular Hbond substituents is 1. The Kier molecular flexibility index (Phi) is 3.84. The Hall–Kier alpha value is -3.00. The highest BCUT2D eigenvalue weighted by Crippen LogP contribution is 2.31. The van der Waals surface area contributed by atoms with Crippen molar-refractivity contribution >= 4 is 44.2 Å². The highest BCUT2D eigenvalue weighted by atomic mass is 79.9. The predicted octanol–water partition coefficient (Wildman–Crippen LogP) is 3.72. The van der Waals surface area contributed by atoms with Crippen molar-refractivity contribution in [1.82, 2.24) is 9.55 Å². The van der Waals surface area contributed by atoms with E-state index in [1.807, 2.05) is 6.08 Å². The van der Waals surface area contributed by atoms with Crippen molar-refractivity contribution in [1.29, 1.82) is 0 Å². The lowest BCUT2D eigenvalue weighted by Gasteiger charge is -2.06. The molecular weight excluding hydrogens is 402 g/mol. The molecule has 1 aliphatic heterocycles. The van der Waals surface area contributed by atoms with E-state index < -0.39 is 4.92 Å². The van der Waals surface area contributed by atoms with Gasteiger partial charge >= 0.3 is 0 Å². The van der Waals surface area contributed by atoms with Gasteiger partial charge in [-0.3, -0.25) is 19.5 Å². The van der Waals surface area contributed by atoms with Crippen LogP contribution in [0.3, 0.4) is 0 Å². The first kappa shape index (κ1) is 16.5. The van der Waals surface area contributed by atoms with Crippen molar-refractivity contribution in [2.24, 2.45) is 0 Å². The van der Waals surface area contributed by atoms with E-state index in [1.54, 1.807) is 18.2 Å². The van der Waals surface area contributed by atoms with Gasteiger partial charge in [0.2, 0.25) is 0 Å². The summed E-state index contributed by atoms with van der Waals surface area (Å²) in [6, 6.07) is 9.20. The van der Waals surface area contributed by atoms with E-state index in [0.29, 0.717) is 29.9 Å². The summed E-state index contributed by atoms with van der Waals surface area (Å²) in [5.41, 5.74) is 1.44. The fourth-order valence-corrected chi connectivity index (χ4v) is 3.46. The molecule has 1 aliphatic rings. The van der Waals surface area contributed by atoms with Crippen LogP contribution in [0.5, 0.6) is 5.75 Å². The minimum absolute atomic E-state index is 0.134. The van der Waals surface area contributed by atoms with Gasteiger partial charge in [-0.05, 0) is 42.3 Å². The van der Waals surface area contributed by atoms with Crippen LogP contribution >= 0.6 is 15.9 Å². The molecule has 130 valence electrons. The predicted molar refractivity (Wildman–Crippen MR) is 101 cm³/mol. The number of phenols is 1. The van der Waals surface area contributed by atoms with Crippen molar-refractivity contribution in [3.05, 3.63) is 72.7 Å². The Bertz CT molecular complexity index is 1170. The molecule has 26 heavy (non-hydrogen) atoms. The SMILES string of the molecule is O=c1c2cc([N+](=O)[O-])ccc2nc2n1CC/C2=C/c1cc(Br)ccc1O. The maximum Gasteiger partial charge on any atom is 0.270 e. The van der Waals surface area contributed by atoms with Crippen LogP contribution in [0.2, 0.25) is 0 Å². The Balaban J connectivity index is 1.90. The van der Waals surface area contributed by atoms with E-state index in [1.165, 1.54) is 22.8 Å². The van der Waals surface area contributed by atoms with Gasteiger partial charge in [0.05, 0.1) is 15.8 Å². The van der Waals surface area contributed by atoms with Crippen LogP contribution < -0.4 is 5.56 Å². The number of nitro groups is 1. The Morgan fingerprint density at radius 3 is 2.85 bits per heavy atom. The number of nitro benzene ring substituents is 1. The lowest BCUT2D eigenvalue weighted by molar-refractivity contribution is -0.384. The molecule has 8 heteroatoms. The van der Waals surface area contributed by atoms with Crippen molar-refractivity contribution in [2.45, 2.75) is 13.0 Å². The third kappa shape index (κ3) is 2.68. The van der Waals surface area contributed by atoms with Crippen LogP contribution in [0.1, 0.15) is 17.8 Å². The number of allylic oxidation sites excluding steroid dienone is 1. The van der Waals surface area contributed by atoms with E-state index in [0.717, 1.165) is 10.0 Å². The lowest BCUT2D eigenvalue weighted by atomic mass is 10.1. The lowest BCUT2D eigenvalue weighted by Crippen LogP contribution is -2.20. The minimum atomic E-state index is -0.530. The summed E-state index contributed by atoms with van der Waals surface area (Å²) in [7, 11) is 0. The molecule has 0 spiro atoms. The van der Waals surface area contributed by atoms with E-state index in [9.17, 15) is 20.0 Å². The Morgan fingerprint density at radius 2 is 2.08 bits per heavy atom. The first-order valence-corrected chi connectivity index (χ1v) is 8.62. The molecule has 0 saturated heterocycles. The van der Waals surface area contributed by atoms with Gasteiger partial charge in [0.25, 0.3) is 11.2 Å². The summed E-state index contributed by atoms with van der Waals surface area (Å²) in [6.45, 7) is 0.445. The third-order valence-corrected chi connectivity index (χ3v) is 4.85. The van der Waals surface area contributed by atoms with Crippen molar-refractivity contribution in [3.63, 3.8) is 0 Å². The fourth-order valence-electron chi connectivity index (χ4n) is 3.08. The van der Waals surface area contributed by atoms with Gasteiger partial charge in [-0.15, -0.1) is 0 Å². The molecule has 0 unspecified atom stereocenters. The number of benzene rings is 2.